The van der Waals surface area contributed by atoms with Crippen molar-refractivity contribution >= 4 is 25.3 Å². The molecule has 0 fully saturated rings. The van der Waals surface area contributed by atoms with Crippen LogP contribution in [0.4, 0.5) is 4.79 Å². The highest BCUT2D eigenvalue weighted by Gasteiger charge is 2.39. The lowest BCUT2D eigenvalue weighted by Crippen LogP contribution is -2.43. The van der Waals surface area contributed by atoms with Crippen molar-refractivity contribution in [1.82, 2.24) is 15.6 Å². The van der Waals surface area contributed by atoms with Gasteiger partial charge in [-0.2, -0.15) is 0 Å². The highest BCUT2D eigenvalue weighted by Crippen LogP contribution is 2.41. The Morgan fingerprint density at radius 2 is 1.78 bits per heavy atom. The molecule has 0 spiro atoms. The molecule has 0 bridgehead atoms. The fourth-order valence-electron chi connectivity index (χ4n) is 3.77. The standard InChI is InChI=1S/C28H39N3O5Si/c1-28(2,3)37(4,5)36-24(18-29-16-9-17-30-27(33)34)21-12-14-23(26-22(21)13-15-25(32)31-26)35-19-20-10-7-6-8-11-20/h6-8,10-15,24,29-30H,9,16-19H2,1-5H3,(H,31,32)(H,33,34). The van der Waals surface area contributed by atoms with E-state index in [1.54, 1.807) is 0 Å². The van der Waals surface area contributed by atoms with Crippen LogP contribution in [-0.2, 0) is 11.0 Å². The van der Waals surface area contributed by atoms with E-state index in [1.807, 2.05) is 48.5 Å². The SMILES string of the molecule is CC(C)(C)[Si](C)(C)OC(CNCCCNC(=O)O)c1ccc(OCc2ccccc2)c2[nH]c(=O)ccc12. The maximum absolute atomic E-state index is 12.3. The third kappa shape index (κ3) is 7.92. The van der Waals surface area contributed by atoms with E-state index in [0.29, 0.717) is 43.9 Å². The second kappa shape index (κ2) is 12.4. The minimum atomic E-state index is -2.15. The topological polar surface area (TPSA) is 113 Å². The zero-order valence-corrected chi connectivity index (χ0v) is 23.4. The van der Waals surface area contributed by atoms with E-state index in [-0.39, 0.29) is 16.7 Å². The van der Waals surface area contributed by atoms with Crippen molar-refractivity contribution in [2.75, 3.05) is 19.6 Å². The van der Waals surface area contributed by atoms with Crippen molar-refractivity contribution in [2.45, 2.75) is 58.0 Å². The van der Waals surface area contributed by atoms with Gasteiger partial charge in [0.1, 0.15) is 12.4 Å². The maximum atomic E-state index is 12.3. The Kier molecular flexibility index (Phi) is 9.53. The number of H-pyrrole nitrogens is 1. The summed E-state index contributed by atoms with van der Waals surface area (Å²) >= 11 is 0. The molecule has 8 nitrogen and oxygen atoms in total. The van der Waals surface area contributed by atoms with E-state index >= 15 is 0 Å². The molecule has 0 aliphatic heterocycles. The molecule has 2 aromatic carbocycles. The van der Waals surface area contributed by atoms with E-state index in [0.717, 1.165) is 16.5 Å². The first-order chi connectivity index (χ1) is 17.5. The van der Waals surface area contributed by atoms with Gasteiger partial charge in [-0.3, -0.25) is 4.79 Å². The third-order valence-corrected chi connectivity index (χ3v) is 11.3. The summed E-state index contributed by atoms with van der Waals surface area (Å²) in [6.07, 6.45) is -0.613. The van der Waals surface area contributed by atoms with E-state index in [9.17, 15) is 9.59 Å². The van der Waals surface area contributed by atoms with Gasteiger partial charge in [0.15, 0.2) is 8.32 Å². The van der Waals surface area contributed by atoms with E-state index < -0.39 is 14.4 Å². The van der Waals surface area contributed by atoms with Gasteiger partial charge < -0.3 is 29.9 Å². The van der Waals surface area contributed by atoms with Crippen molar-refractivity contribution in [2.24, 2.45) is 0 Å². The number of pyridine rings is 1. The first-order valence-electron chi connectivity index (χ1n) is 12.7. The van der Waals surface area contributed by atoms with Gasteiger partial charge in [0.05, 0.1) is 11.6 Å². The minimum absolute atomic E-state index is 0.0134. The molecule has 1 aromatic heterocycles. The molecule has 1 atom stereocenters. The number of fused-ring (bicyclic) bond motifs is 1. The lowest BCUT2D eigenvalue weighted by molar-refractivity contribution is 0.181. The number of carbonyl (C=O) groups is 1. The first kappa shape index (κ1) is 28.4. The number of benzene rings is 2. The summed E-state index contributed by atoms with van der Waals surface area (Å²) in [6, 6.07) is 17.2. The maximum Gasteiger partial charge on any atom is 0.404 e. The van der Waals surface area contributed by atoms with Gasteiger partial charge in [0.25, 0.3) is 0 Å². The Morgan fingerprint density at radius 1 is 1.05 bits per heavy atom. The molecule has 0 saturated heterocycles. The monoisotopic (exact) mass is 525 g/mol. The average Bonchev–Trinajstić information content (AvgIpc) is 2.83. The van der Waals surface area contributed by atoms with Crippen LogP contribution in [-0.4, -0.2) is 44.1 Å². The number of carboxylic acid groups (broad SMARTS) is 1. The Bertz CT molecular complexity index is 1240. The van der Waals surface area contributed by atoms with Gasteiger partial charge in [-0.15, -0.1) is 0 Å². The number of aromatic amines is 1. The predicted molar refractivity (Wildman–Crippen MR) is 150 cm³/mol. The minimum Gasteiger partial charge on any atom is -0.487 e. The summed E-state index contributed by atoms with van der Waals surface area (Å²) in [6.45, 7) is 13.0. The normalized spacial score (nSPS) is 12.9. The molecule has 3 aromatic rings. The van der Waals surface area contributed by atoms with Crippen LogP contribution in [0.1, 0.15) is 44.4 Å². The van der Waals surface area contributed by atoms with Crippen LogP contribution < -0.4 is 20.9 Å². The Morgan fingerprint density at radius 3 is 2.46 bits per heavy atom. The summed E-state index contributed by atoms with van der Waals surface area (Å²) in [5.74, 6) is 0.610. The number of nitrogens with one attached hydrogen (secondary N) is 3. The van der Waals surface area contributed by atoms with Crippen molar-refractivity contribution < 1.29 is 19.1 Å². The molecule has 0 saturated carbocycles. The first-order valence-corrected chi connectivity index (χ1v) is 15.6. The van der Waals surface area contributed by atoms with Crippen LogP contribution in [0.3, 0.4) is 0 Å². The molecule has 4 N–H and O–H groups in total. The zero-order valence-electron chi connectivity index (χ0n) is 22.4. The van der Waals surface area contributed by atoms with Gasteiger partial charge in [-0.25, -0.2) is 4.79 Å². The van der Waals surface area contributed by atoms with Crippen molar-refractivity contribution in [3.05, 3.63) is 76.1 Å². The molecule has 3 rings (SSSR count). The quantitative estimate of drug-likeness (QED) is 0.186. The second-order valence-corrected chi connectivity index (χ2v) is 15.5. The second-order valence-electron chi connectivity index (χ2n) is 10.7. The lowest BCUT2D eigenvalue weighted by Gasteiger charge is -2.39. The molecule has 0 aliphatic carbocycles. The molecule has 1 amide bonds. The van der Waals surface area contributed by atoms with Crippen LogP contribution >= 0.6 is 0 Å². The zero-order chi connectivity index (χ0) is 27.1. The number of aromatic nitrogens is 1. The fourth-order valence-corrected chi connectivity index (χ4v) is 5.05. The van der Waals surface area contributed by atoms with Crippen molar-refractivity contribution in [1.29, 1.82) is 0 Å². The van der Waals surface area contributed by atoms with E-state index in [2.05, 4.69) is 49.5 Å². The highest BCUT2D eigenvalue weighted by molar-refractivity contribution is 6.74. The molecule has 9 heteroatoms. The average molecular weight is 526 g/mol. The summed E-state index contributed by atoms with van der Waals surface area (Å²) in [7, 11) is -2.15. The van der Waals surface area contributed by atoms with Crippen LogP contribution in [0.5, 0.6) is 5.75 Å². The van der Waals surface area contributed by atoms with Crippen LogP contribution in [0.2, 0.25) is 18.1 Å². The largest absolute Gasteiger partial charge is 0.487 e. The summed E-state index contributed by atoms with van der Waals surface area (Å²) in [4.78, 5) is 25.9. The molecule has 0 radical (unpaired) electrons. The van der Waals surface area contributed by atoms with Crippen LogP contribution in [0.25, 0.3) is 10.9 Å². The van der Waals surface area contributed by atoms with Gasteiger partial charge in [-0.05, 0) is 54.4 Å². The number of amides is 1. The van der Waals surface area contributed by atoms with Crippen molar-refractivity contribution in [3.8, 4) is 5.75 Å². The predicted octanol–water partition coefficient (Wildman–Crippen LogP) is 5.42. The number of hydrogen-bond acceptors (Lipinski definition) is 5. The number of rotatable bonds is 12. The smallest absolute Gasteiger partial charge is 0.404 e. The van der Waals surface area contributed by atoms with Gasteiger partial charge in [0.2, 0.25) is 5.56 Å². The Labute approximate surface area is 219 Å². The molecular weight excluding hydrogens is 486 g/mol. The van der Waals surface area contributed by atoms with Crippen LogP contribution in [0.15, 0.2) is 59.4 Å². The van der Waals surface area contributed by atoms with Crippen LogP contribution in [0, 0.1) is 0 Å². The van der Waals surface area contributed by atoms with E-state index in [1.165, 1.54) is 6.07 Å². The summed E-state index contributed by atoms with van der Waals surface area (Å²) < 4.78 is 13.0. The third-order valence-electron chi connectivity index (χ3n) is 6.85. The number of ether oxygens (including phenoxy) is 1. The van der Waals surface area contributed by atoms with Gasteiger partial charge >= 0.3 is 6.09 Å². The molecular formula is C28H39N3O5Si. The molecule has 37 heavy (non-hydrogen) atoms. The molecule has 1 heterocycles. The summed E-state index contributed by atoms with van der Waals surface area (Å²) in [5.41, 5.74) is 2.47. The molecule has 200 valence electrons. The number of hydrogen-bond donors (Lipinski definition) is 4. The summed E-state index contributed by atoms with van der Waals surface area (Å²) in [5, 5.41) is 15.5. The van der Waals surface area contributed by atoms with Crippen molar-refractivity contribution in [3.63, 3.8) is 0 Å². The van der Waals surface area contributed by atoms with Gasteiger partial charge in [0, 0.05) is 24.5 Å². The Hall–Kier alpha value is -3.14. The fraction of sp³-hybridized carbons (Fsp3) is 0.429. The Balaban J connectivity index is 1.90. The highest BCUT2D eigenvalue weighted by atomic mass is 28.4. The molecule has 1 unspecified atom stereocenters. The van der Waals surface area contributed by atoms with Gasteiger partial charge in [-0.1, -0.05) is 57.2 Å². The molecule has 0 aliphatic rings. The lowest BCUT2D eigenvalue weighted by atomic mass is 10.0. The van der Waals surface area contributed by atoms with E-state index in [4.69, 9.17) is 14.3 Å².